The maximum absolute atomic E-state index is 2.59. The van der Waals surface area contributed by atoms with Crippen LogP contribution < -0.4 is 0 Å². The zero-order chi connectivity index (χ0) is 15.4. The van der Waals surface area contributed by atoms with E-state index in [4.69, 9.17) is 0 Å². The van der Waals surface area contributed by atoms with Crippen LogP contribution in [0.1, 0.15) is 59.9 Å². The SMILES string of the molecule is CC.CC.CC(C)C1CCN(Cc2ccccc2)CC1. The van der Waals surface area contributed by atoms with Crippen molar-refractivity contribution >= 4 is 0 Å². The van der Waals surface area contributed by atoms with Crippen molar-refractivity contribution in [3.8, 4) is 0 Å². The second kappa shape index (κ2) is 12.0. The molecule has 1 nitrogen and oxygen atoms in total. The van der Waals surface area contributed by atoms with Gasteiger partial charge in [0.15, 0.2) is 0 Å². The van der Waals surface area contributed by atoms with E-state index in [0.29, 0.717) is 0 Å². The molecule has 0 aliphatic carbocycles. The van der Waals surface area contributed by atoms with E-state index in [9.17, 15) is 0 Å². The van der Waals surface area contributed by atoms with E-state index < -0.39 is 0 Å². The first kappa shape index (κ1) is 19.2. The molecule has 0 spiro atoms. The molecule has 1 aromatic carbocycles. The Morgan fingerprint density at radius 1 is 0.950 bits per heavy atom. The Morgan fingerprint density at radius 2 is 1.45 bits per heavy atom. The highest BCUT2D eigenvalue weighted by molar-refractivity contribution is 5.14. The first-order chi connectivity index (χ1) is 9.75. The van der Waals surface area contributed by atoms with Gasteiger partial charge in [-0.15, -0.1) is 0 Å². The molecule has 1 heterocycles. The van der Waals surface area contributed by atoms with Crippen molar-refractivity contribution < 1.29 is 0 Å². The molecule has 2 rings (SSSR count). The average Bonchev–Trinajstić information content (AvgIpc) is 2.53. The van der Waals surface area contributed by atoms with Gasteiger partial charge in [0.05, 0.1) is 0 Å². The van der Waals surface area contributed by atoms with Gasteiger partial charge >= 0.3 is 0 Å². The van der Waals surface area contributed by atoms with Crippen molar-refractivity contribution in [3.05, 3.63) is 35.9 Å². The lowest BCUT2D eigenvalue weighted by Crippen LogP contribution is -2.34. The van der Waals surface area contributed by atoms with Gasteiger partial charge in [-0.05, 0) is 43.3 Å². The number of piperidine rings is 1. The van der Waals surface area contributed by atoms with Crippen molar-refractivity contribution in [1.29, 1.82) is 0 Å². The molecule has 20 heavy (non-hydrogen) atoms. The van der Waals surface area contributed by atoms with Crippen molar-refractivity contribution in [2.75, 3.05) is 13.1 Å². The van der Waals surface area contributed by atoms with E-state index in [1.165, 1.54) is 31.5 Å². The van der Waals surface area contributed by atoms with Crippen molar-refractivity contribution in [3.63, 3.8) is 0 Å². The van der Waals surface area contributed by atoms with E-state index >= 15 is 0 Å². The molecule has 1 aliphatic rings. The molecule has 0 unspecified atom stereocenters. The minimum absolute atomic E-state index is 0.860. The quantitative estimate of drug-likeness (QED) is 0.694. The lowest BCUT2D eigenvalue weighted by molar-refractivity contribution is 0.152. The minimum atomic E-state index is 0.860. The van der Waals surface area contributed by atoms with Gasteiger partial charge in [0.25, 0.3) is 0 Å². The molecule has 0 aromatic heterocycles. The molecule has 0 radical (unpaired) electrons. The number of benzene rings is 1. The third kappa shape index (κ3) is 7.09. The van der Waals surface area contributed by atoms with Crippen LogP contribution in [-0.2, 0) is 6.54 Å². The molecule has 1 heteroatoms. The number of likely N-dealkylation sites (tertiary alicyclic amines) is 1. The maximum Gasteiger partial charge on any atom is 0.0233 e. The molecule has 0 amide bonds. The van der Waals surface area contributed by atoms with Crippen LogP contribution in [0.15, 0.2) is 30.3 Å². The number of nitrogens with zero attached hydrogens (tertiary/aromatic N) is 1. The smallest absolute Gasteiger partial charge is 0.0233 e. The highest BCUT2D eigenvalue weighted by atomic mass is 15.1. The highest BCUT2D eigenvalue weighted by Crippen LogP contribution is 2.25. The summed E-state index contributed by atoms with van der Waals surface area (Å²) in [5.74, 6) is 1.81. The molecule has 116 valence electrons. The molecule has 1 aromatic rings. The molecule has 1 saturated heterocycles. The first-order valence-electron chi connectivity index (χ1n) is 8.52. The molecule has 0 N–H and O–H groups in total. The normalized spacial score (nSPS) is 15.9. The number of hydrogen-bond acceptors (Lipinski definition) is 1. The molecule has 1 fully saturated rings. The summed E-state index contributed by atoms with van der Waals surface area (Å²) in [5.41, 5.74) is 1.45. The molecule has 0 saturated carbocycles. The Kier molecular flexibility index (Phi) is 11.5. The third-order valence-corrected chi connectivity index (χ3v) is 3.82. The Morgan fingerprint density at radius 3 is 1.90 bits per heavy atom. The molecule has 0 bridgehead atoms. The van der Waals surface area contributed by atoms with Crippen LogP contribution in [0.4, 0.5) is 0 Å². The van der Waals surface area contributed by atoms with Gasteiger partial charge in [-0.3, -0.25) is 4.90 Å². The number of rotatable bonds is 3. The lowest BCUT2D eigenvalue weighted by atomic mass is 9.86. The molecular weight excluding hydrogens is 242 g/mol. The Hall–Kier alpha value is -0.820. The summed E-state index contributed by atoms with van der Waals surface area (Å²) in [5, 5.41) is 0. The summed E-state index contributed by atoms with van der Waals surface area (Å²) >= 11 is 0. The van der Waals surface area contributed by atoms with Gasteiger partial charge in [-0.2, -0.15) is 0 Å². The average molecular weight is 277 g/mol. The zero-order valence-corrected chi connectivity index (χ0v) is 14.5. The van der Waals surface area contributed by atoms with Crippen molar-refractivity contribution in [2.45, 2.75) is 60.9 Å². The van der Waals surface area contributed by atoms with Crippen LogP contribution in [0.2, 0.25) is 0 Å². The van der Waals surface area contributed by atoms with E-state index in [1.807, 2.05) is 27.7 Å². The van der Waals surface area contributed by atoms with E-state index in [1.54, 1.807) is 0 Å². The van der Waals surface area contributed by atoms with Gasteiger partial charge < -0.3 is 0 Å². The summed E-state index contributed by atoms with van der Waals surface area (Å²) < 4.78 is 0. The predicted octanol–water partition coefficient (Wildman–Crippen LogP) is 5.61. The van der Waals surface area contributed by atoms with E-state index in [2.05, 4.69) is 49.1 Å². The van der Waals surface area contributed by atoms with Gasteiger partial charge in [0.2, 0.25) is 0 Å². The Labute approximate surface area is 127 Å². The minimum Gasteiger partial charge on any atom is -0.299 e. The number of hydrogen-bond donors (Lipinski definition) is 0. The lowest BCUT2D eigenvalue weighted by Gasteiger charge is -2.33. The second-order valence-corrected chi connectivity index (χ2v) is 5.34. The fourth-order valence-electron chi connectivity index (χ4n) is 2.62. The van der Waals surface area contributed by atoms with Crippen LogP contribution in [0, 0.1) is 11.8 Å². The zero-order valence-electron chi connectivity index (χ0n) is 14.5. The highest BCUT2D eigenvalue weighted by Gasteiger charge is 2.21. The van der Waals surface area contributed by atoms with Crippen LogP contribution in [0.3, 0.4) is 0 Å². The van der Waals surface area contributed by atoms with E-state index in [0.717, 1.165) is 18.4 Å². The summed E-state index contributed by atoms with van der Waals surface area (Å²) in [6, 6.07) is 10.8. The summed E-state index contributed by atoms with van der Waals surface area (Å²) in [4.78, 5) is 2.59. The Bertz CT molecular complexity index is 297. The fourth-order valence-corrected chi connectivity index (χ4v) is 2.62. The van der Waals surface area contributed by atoms with Gasteiger partial charge in [0, 0.05) is 6.54 Å². The largest absolute Gasteiger partial charge is 0.299 e. The fraction of sp³-hybridized carbons (Fsp3) is 0.684. The maximum atomic E-state index is 2.59. The monoisotopic (exact) mass is 277 g/mol. The third-order valence-electron chi connectivity index (χ3n) is 3.82. The van der Waals surface area contributed by atoms with Gasteiger partial charge in [0.1, 0.15) is 0 Å². The standard InChI is InChI=1S/C15H23N.2C2H6/c1-13(2)15-8-10-16(11-9-15)12-14-6-4-3-5-7-14;2*1-2/h3-7,13,15H,8-12H2,1-2H3;2*1-2H3. The summed E-state index contributed by atoms with van der Waals surface area (Å²) in [6.07, 6.45) is 2.76. The predicted molar refractivity (Wildman–Crippen MR) is 92.0 cm³/mol. The summed E-state index contributed by atoms with van der Waals surface area (Å²) in [7, 11) is 0. The first-order valence-corrected chi connectivity index (χ1v) is 8.52. The second-order valence-electron chi connectivity index (χ2n) is 5.34. The van der Waals surface area contributed by atoms with Crippen LogP contribution in [0.25, 0.3) is 0 Å². The molecule has 1 aliphatic heterocycles. The molecular formula is C19H35N. The van der Waals surface area contributed by atoms with E-state index in [-0.39, 0.29) is 0 Å². The van der Waals surface area contributed by atoms with Crippen LogP contribution >= 0.6 is 0 Å². The summed E-state index contributed by atoms with van der Waals surface area (Å²) in [6.45, 7) is 16.4. The topological polar surface area (TPSA) is 3.24 Å². The van der Waals surface area contributed by atoms with Crippen LogP contribution in [0.5, 0.6) is 0 Å². The van der Waals surface area contributed by atoms with Crippen molar-refractivity contribution in [1.82, 2.24) is 4.90 Å². The van der Waals surface area contributed by atoms with Gasteiger partial charge in [-0.25, -0.2) is 0 Å². The van der Waals surface area contributed by atoms with Crippen molar-refractivity contribution in [2.24, 2.45) is 11.8 Å². The Balaban J connectivity index is 0.000000829. The van der Waals surface area contributed by atoms with Crippen LogP contribution in [-0.4, -0.2) is 18.0 Å². The van der Waals surface area contributed by atoms with Gasteiger partial charge in [-0.1, -0.05) is 71.9 Å². The molecule has 0 atom stereocenters.